The van der Waals surface area contributed by atoms with Crippen LogP contribution in [0.25, 0.3) is 0 Å². The van der Waals surface area contributed by atoms with E-state index in [4.69, 9.17) is 5.73 Å². The molecule has 1 saturated carbocycles. The summed E-state index contributed by atoms with van der Waals surface area (Å²) in [5.74, 6) is 0.844. The molecule has 0 aromatic carbocycles. The highest BCUT2D eigenvalue weighted by Gasteiger charge is 2.17. The van der Waals surface area contributed by atoms with E-state index in [0.717, 1.165) is 12.0 Å². The van der Waals surface area contributed by atoms with Crippen LogP contribution >= 0.6 is 0 Å². The van der Waals surface area contributed by atoms with Crippen molar-refractivity contribution in [3.8, 4) is 0 Å². The second kappa shape index (κ2) is 6.41. The average molecular weight is 198 g/mol. The molecule has 0 saturated heterocycles. The van der Waals surface area contributed by atoms with Gasteiger partial charge in [0.15, 0.2) is 0 Å². The maximum absolute atomic E-state index is 5.86. The Labute approximate surface area is 88.6 Å². The molecule has 0 unspecified atom stereocenters. The Bertz CT molecular complexity index is 137. The summed E-state index contributed by atoms with van der Waals surface area (Å²) in [4.78, 5) is 0. The quantitative estimate of drug-likeness (QED) is 0.665. The van der Waals surface area contributed by atoms with Gasteiger partial charge in [-0.15, -0.1) is 0 Å². The number of hydrogen-bond donors (Lipinski definition) is 2. The largest absolute Gasteiger partial charge is 0.328 e. The highest BCUT2D eigenvalue weighted by atomic mass is 14.9. The molecule has 1 fully saturated rings. The zero-order valence-electron chi connectivity index (χ0n) is 9.76. The Morgan fingerprint density at radius 2 is 1.86 bits per heavy atom. The molecule has 84 valence electrons. The Hall–Kier alpha value is -0.0800. The first-order valence-corrected chi connectivity index (χ1v) is 6.17. The fourth-order valence-electron chi connectivity index (χ4n) is 2.14. The maximum Gasteiger partial charge on any atom is 0.00682 e. The van der Waals surface area contributed by atoms with Gasteiger partial charge in [-0.25, -0.2) is 0 Å². The van der Waals surface area contributed by atoms with Gasteiger partial charge < -0.3 is 11.1 Å². The van der Waals surface area contributed by atoms with Gasteiger partial charge in [-0.1, -0.05) is 13.8 Å². The van der Waals surface area contributed by atoms with E-state index in [1.54, 1.807) is 0 Å². The number of nitrogens with two attached hydrogens (primary N) is 1. The molecule has 1 aliphatic rings. The smallest absolute Gasteiger partial charge is 0.00682 e. The molecule has 0 spiro atoms. The van der Waals surface area contributed by atoms with Crippen LogP contribution in [0.5, 0.6) is 0 Å². The normalized spacial score (nSPS) is 28.3. The third kappa shape index (κ3) is 4.97. The summed E-state index contributed by atoms with van der Waals surface area (Å²) in [5.41, 5.74) is 5.86. The summed E-state index contributed by atoms with van der Waals surface area (Å²) in [5, 5.41) is 3.64. The van der Waals surface area contributed by atoms with Gasteiger partial charge in [0.25, 0.3) is 0 Å². The standard InChI is InChI=1S/C12H26N2/c1-10(2)4-3-9-14-12-7-5-11(13)6-8-12/h10-12,14H,3-9,13H2,1-2H3. The van der Waals surface area contributed by atoms with E-state index < -0.39 is 0 Å². The van der Waals surface area contributed by atoms with Crippen LogP contribution in [0.1, 0.15) is 52.4 Å². The SMILES string of the molecule is CC(C)CCCNC1CCC(N)CC1. The molecule has 3 N–H and O–H groups in total. The zero-order chi connectivity index (χ0) is 10.4. The van der Waals surface area contributed by atoms with Gasteiger partial charge in [-0.05, 0) is 51.0 Å². The molecule has 1 aliphatic carbocycles. The lowest BCUT2D eigenvalue weighted by Gasteiger charge is -2.27. The summed E-state index contributed by atoms with van der Waals surface area (Å²) < 4.78 is 0. The minimum Gasteiger partial charge on any atom is -0.328 e. The molecule has 14 heavy (non-hydrogen) atoms. The van der Waals surface area contributed by atoms with E-state index in [-0.39, 0.29) is 0 Å². The molecule has 0 bridgehead atoms. The van der Waals surface area contributed by atoms with Gasteiger partial charge in [0, 0.05) is 12.1 Å². The van der Waals surface area contributed by atoms with Crippen molar-refractivity contribution in [3.05, 3.63) is 0 Å². The van der Waals surface area contributed by atoms with E-state index in [1.807, 2.05) is 0 Å². The van der Waals surface area contributed by atoms with E-state index in [0.29, 0.717) is 6.04 Å². The van der Waals surface area contributed by atoms with Crippen LogP contribution in [0.4, 0.5) is 0 Å². The van der Waals surface area contributed by atoms with E-state index in [2.05, 4.69) is 19.2 Å². The molecule has 0 aromatic heterocycles. The number of hydrogen-bond acceptors (Lipinski definition) is 2. The van der Waals surface area contributed by atoms with Crippen molar-refractivity contribution in [1.82, 2.24) is 5.32 Å². The fraction of sp³-hybridized carbons (Fsp3) is 1.00. The van der Waals surface area contributed by atoms with Crippen molar-refractivity contribution < 1.29 is 0 Å². The van der Waals surface area contributed by atoms with Gasteiger partial charge >= 0.3 is 0 Å². The van der Waals surface area contributed by atoms with Crippen LogP contribution in [-0.2, 0) is 0 Å². The summed E-state index contributed by atoms with van der Waals surface area (Å²) in [6.07, 6.45) is 7.65. The first-order chi connectivity index (χ1) is 6.68. The van der Waals surface area contributed by atoms with Crippen molar-refractivity contribution >= 4 is 0 Å². The molecule has 2 nitrogen and oxygen atoms in total. The Morgan fingerprint density at radius 3 is 2.43 bits per heavy atom. The maximum atomic E-state index is 5.86. The van der Waals surface area contributed by atoms with Crippen molar-refractivity contribution in [2.24, 2.45) is 11.7 Å². The van der Waals surface area contributed by atoms with Gasteiger partial charge in [-0.2, -0.15) is 0 Å². The molecule has 2 heteroatoms. The molecule has 0 aliphatic heterocycles. The Balaban J connectivity index is 1.96. The number of nitrogens with one attached hydrogen (secondary N) is 1. The molecule has 0 radical (unpaired) electrons. The monoisotopic (exact) mass is 198 g/mol. The average Bonchev–Trinajstić information content (AvgIpc) is 2.15. The van der Waals surface area contributed by atoms with Gasteiger partial charge in [0.2, 0.25) is 0 Å². The molecule has 1 rings (SSSR count). The molecular weight excluding hydrogens is 172 g/mol. The minimum atomic E-state index is 0.476. The van der Waals surface area contributed by atoms with Crippen LogP contribution in [-0.4, -0.2) is 18.6 Å². The molecule has 0 atom stereocenters. The molecule has 0 amide bonds. The Kier molecular flexibility index (Phi) is 5.49. The summed E-state index contributed by atoms with van der Waals surface area (Å²) >= 11 is 0. The summed E-state index contributed by atoms with van der Waals surface area (Å²) in [6.45, 7) is 5.78. The van der Waals surface area contributed by atoms with Crippen LogP contribution in [0.15, 0.2) is 0 Å². The van der Waals surface area contributed by atoms with Crippen LogP contribution in [0.2, 0.25) is 0 Å². The van der Waals surface area contributed by atoms with E-state index >= 15 is 0 Å². The molecular formula is C12H26N2. The van der Waals surface area contributed by atoms with Gasteiger partial charge in [0.05, 0.1) is 0 Å². The van der Waals surface area contributed by atoms with Crippen molar-refractivity contribution in [1.29, 1.82) is 0 Å². The number of rotatable bonds is 5. The topological polar surface area (TPSA) is 38.0 Å². The van der Waals surface area contributed by atoms with E-state index in [1.165, 1.54) is 45.1 Å². The van der Waals surface area contributed by atoms with Crippen LogP contribution in [0, 0.1) is 5.92 Å². The van der Waals surface area contributed by atoms with Gasteiger partial charge in [-0.3, -0.25) is 0 Å². The third-order valence-corrected chi connectivity index (χ3v) is 3.16. The summed E-state index contributed by atoms with van der Waals surface area (Å²) in [6, 6.07) is 1.23. The van der Waals surface area contributed by atoms with Crippen molar-refractivity contribution in [2.75, 3.05) is 6.54 Å². The first kappa shape index (κ1) is 12.0. The lowest BCUT2D eigenvalue weighted by Crippen LogP contribution is -2.37. The van der Waals surface area contributed by atoms with Gasteiger partial charge in [0.1, 0.15) is 0 Å². The van der Waals surface area contributed by atoms with E-state index in [9.17, 15) is 0 Å². The minimum absolute atomic E-state index is 0.476. The molecule has 0 aromatic rings. The third-order valence-electron chi connectivity index (χ3n) is 3.16. The summed E-state index contributed by atoms with van der Waals surface area (Å²) in [7, 11) is 0. The second-order valence-corrected chi connectivity index (χ2v) is 5.10. The fourth-order valence-corrected chi connectivity index (χ4v) is 2.14. The van der Waals surface area contributed by atoms with Crippen molar-refractivity contribution in [2.45, 2.75) is 64.5 Å². The zero-order valence-corrected chi connectivity index (χ0v) is 9.76. The van der Waals surface area contributed by atoms with Crippen LogP contribution in [0.3, 0.4) is 0 Å². The first-order valence-electron chi connectivity index (χ1n) is 6.17. The predicted molar refractivity (Wildman–Crippen MR) is 62.3 cm³/mol. The molecule has 0 heterocycles. The van der Waals surface area contributed by atoms with Crippen LogP contribution < -0.4 is 11.1 Å². The second-order valence-electron chi connectivity index (χ2n) is 5.10. The van der Waals surface area contributed by atoms with Crippen molar-refractivity contribution in [3.63, 3.8) is 0 Å². The highest BCUT2D eigenvalue weighted by Crippen LogP contribution is 2.16. The highest BCUT2D eigenvalue weighted by molar-refractivity contribution is 4.78. The lowest BCUT2D eigenvalue weighted by molar-refractivity contribution is 0.338. The lowest BCUT2D eigenvalue weighted by atomic mass is 9.92. The Morgan fingerprint density at radius 1 is 1.21 bits per heavy atom. The predicted octanol–water partition coefficient (Wildman–Crippen LogP) is 2.28.